The molecule has 0 saturated heterocycles. The van der Waals surface area contributed by atoms with Crippen LogP contribution in [0.5, 0.6) is 0 Å². The van der Waals surface area contributed by atoms with Crippen LogP contribution in [-0.2, 0) is 10.0 Å². The molecule has 1 N–H and O–H groups in total. The van der Waals surface area contributed by atoms with Crippen LogP contribution in [0.4, 0.5) is 10.1 Å². The Morgan fingerprint density at radius 3 is 2.55 bits per heavy atom. The second-order valence-electron chi connectivity index (χ2n) is 8.39. The molecule has 2 atom stereocenters. The summed E-state index contributed by atoms with van der Waals surface area (Å²) in [5, 5.41) is 6.57. The summed E-state index contributed by atoms with van der Waals surface area (Å²) in [6, 6.07) is 5.05. The van der Waals surface area contributed by atoms with E-state index < -0.39 is 33.6 Å². The quantitative estimate of drug-likeness (QED) is 0.588. The zero-order chi connectivity index (χ0) is 24.2. The standard InChI is InChI=1S/C22H24ClFN4O4S/c1-11-6-7-16(24)19(13(11)3)14(4)20(21-25-26-22(29)32-21)28-10-27(5)17-9-15(23)12(2)8-18(17)33(28,30)31/h6-9,14,20H,10H2,1-5H3,(H,26,29)/t14?,20-/m0/s1. The monoisotopic (exact) mass is 494 g/mol. The first-order valence-corrected chi connectivity index (χ1v) is 12.1. The Kier molecular flexibility index (Phi) is 5.88. The highest BCUT2D eigenvalue weighted by molar-refractivity contribution is 7.89. The largest absolute Gasteiger partial charge is 0.434 e. The molecule has 1 unspecified atom stereocenters. The smallest absolute Gasteiger partial charge is 0.391 e. The van der Waals surface area contributed by atoms with Gasteiger partial charge in [0.15, 0.2) is 0 Å². The van der Waals surface area contributed by atoms with Crippen LogP contribution in [0.15, 0.2) is 38.4 Å². The van der Waals surface area contributed by atoms with Gasteiger partial charge in [-0.3, -0.25) is 0 Å². The number of anilines is 1. The number of sulfonamides is 1. The van der Waals surface area contributed by atoms with Crippen molar-refractivity contribution in [2.24, 2.45) is 0 Å². The maximum Gasteiger partial charge on any atom is 0.434 e. The Morgan fingerprint density at radius 2 is 1.91 bits per heavy atom. The fourth-order valence-electron chi connectivity index (χ4n) is 4.35. The summed E-state index contributed by atoms with van der Waals surface area (Å²) in [4.78, 5) is 13.6. The lowest BCUT2D eigenvalue weighted by Gasteiger charge is -2.40. The van der Waals surface area contributed by atoms with Crippen molar-refractivity contribution < 1.29 is 17.2 Å². The molecule has 1 aliphatic heterocycles. The second-order valence-corrected chi connectivity index (χ2v) is 10.7. The van der Waals surface area contributed by atoms with Crippen LogP contribution in [0, 0.1) is 26.6 Å². The molecule has 8 nitrogen and oxygen atoms in total. The number of hydrogen-bond donors (Lipinski definition) is 1. The van der Waals surface area contributed by atoms with E-state index in [1.54, 1.807) is 44.9 Å². The third-order valence-corrected chi connectivity index (χ3v) is 8.52. The van der Waals surface area contributed by atoms with Gasteiger partial charge in [0.1, 0.15) is 16.8 Å². The number of nitrogens with one attached hydrogen (secondary N) is 1. The first kappa shape index (κ1) is 23.5. The molecule has 11 heteroatoms. The minimum atomic E-state index is -4.09. The second kappa shape index (κ2) is 8.27. The maximum absolute atomic E-state index is 15.0. The summed E-state index contributed by atoms with van der Waals surface area (Å²) in [7, 11) is -2.36. The molecule has 176 valence electrons. The van der Waals surface area contributed by atoms with Crippen LogP contribution in [0.1, 0.15) is 47.0 Å². The number of nitrogens with zero attached hydrogens (tertiary/aromatic N) is 3. The maximum atomic E-state index is 15.0. The molecule has 33 heavy (non-hydrogen) atoms. The van der Waals surface area contributed by atoms with Crippen molar-refractivity contribution in [1.29, 1.82) is 0 Å². The van der Waals surface area contributed by atoms with E-state index in [0.29, 0.717) is 27.4 Å². The van der Waals surface area contributed by atoms with Gasteiger partial charge >= 0.3 is 5.76 Å². The highest BCUT2D eigenvalue weighted by Crippen LogP contribution is 2.44. The first-order valence-electron chi connectivity index (χ1n) is 10.3. The number of aromatic nitrogens is 2. The van der Waals surface area contributed by atoms with Gasteiger partial charge < -0.3 is 9.32 Å². The summed E-state index contributed by atoms with van der Waals surface area (Å²) in [6.07, 6.45) is 0. The Morgan fingerprint density at radius 1 is 1.21 bits per heavy atom. The topological polar surface area (TPSA) is 99.5 Å². The fraction of sp³-hybridized carbons (Fsp3) is 0.364. The van der Waals surface area contributed by atoms with Crippen molar-refractivity contribution in [2.45, 2.75) is 44.6 Å². The highest BCUT2D eigenvalue weighted by Gasteiger charge is 2.45. The van der Waals surface area contributed by atoms with E-state index in [9.17, 15) is 13.2 Å². The molecule has 0 fully saturated rings. The van der Waals surface area contributed by atoms with Crippen LogP contribution in [0.25, 0.3) is 0 Å². The van der Waals surface area contributed by atoms with Crippen molar-refractivity contribution in [3.8, 4) is 0 Å². The van der Waals surface area contributed by atoms with E-state index in [2.05, 4.69) is 10.2 Å². The molecular weight excluding hydrogens is 471 g/mol. The van der Waals surface area contributed by atoms with Crippen LogP contribution in [0.3, 0.4) is 0 Å². The van der Waals surface area contributed by atoms with Gasteiger partial charge in [-0.1, -0.05) is 24.6 Å². The minimum absolute atomic E-state index is 0.0645. The number of benzene rings is 2. The zero-order valence-electron chi connectivity index (χ0n) is 18.8. The van der Waals surface area contributed by atoms with Gasteiger partial charge in [0, 0.05) is 18.0 Å². The summed E-state index contributed by atoms with van der Waals surface area (Å²) in [5.41, 5.74) is 2.94. The van der Waals surface area contributed by atoms with Gasteiger partial charge in [0.25, 0.3) is 0 Å². The number of aromatic amines is 1. The van der Waals surface area contributed by atoms with Crippen molar-refractivity contribution in [2.75, 3.05) is 18.6 Å². The SMILES string of the molecule is Cc1cc2c(cc1Cl)N(C)CN([C@H](c1n[nH]c(=O)o1)C(C)c1c(F)ccc(C)c1C)S2(=O)=O. The molecule has 0 aliphatic carbocycles. The molecule has 2 heterocycles. The van der Waals surface area contributed by atoms with Gasteiger partial charge in [-0.2, -0.15) is 4.31 Å². The number of H-pyrrole nitrogens is 1. The third kappa shape index (κ3) is 3.85. The van der Waals surface area contributed by atoms with Crippen molar-refractivity contribution in [3.63, 3.8) is 0 Å². The molecule has 2 aromatic carbocycles. The first-order chi connectivity index (χ1) is 15.4. The van der Waals surface area contributed by atoms with Gasteiger partial charge in [-0.25, -0.2) is 22.7 Å². The molecule has 0 amide bonds. The molecule has 0 bridgehead atoms. The summed E-state index contributed by atoms with van der Waals surface area (Å²) in [6.45, 7) is 6.97. The van der Waals surface area contributed by atoms with Crippen LogP contribution < -0.4 is 10.7 Å². The summed E-state index contributed by atoms with van der Waals surface area (Å²) >= 11 is 6.24. The third-order valence-electron chi connectivity index (χ3n) is 6.27. The van der Waals surface area contributed by atoms with Gasteiger partial charge in [-0.15, -0.1) is 5.10 Å². The number of hydrogen-bond acceptors (Lipinski definition) is 6. The number of aryl methyl sites for hydroxylation is 2. The molecule has 1 aromatic heterocycles. The van der Waals surface area contributed by atoms with E-state index in [1.165, 1.54) is 16.4 Å². The van der Waals surface area contributed by atoms with Crippen LogP contribution in [-0.4, -0.2) is 36.6 Å². The molecule has 1 aliphatic rings. The molecule has 4 rings (SSSR count). The molecular formula is C22H24ClFN4O4S. The number of halogens is 2. The van der Waals surface area contributed by atoms with E-state index in [1.807, 2.05) is 6.92 Å². The van der Waals surface area contributed by atoms with Crippen LogP contribution >= 0.6 is 11.6 Å². The van der Waals surface area contributed by atoms with E-state index in [0.717, 1.165) is 5.56 Å². The highest BCUT2D eigenvalue weighted by atomic mass is 35.5. The van der Waals surface area contributed by atoms with Crippen molar-refractivity contribution in [1.82, 2.24) is 14.5 Å². The van der Waals surface area contributed by atoms with E-state index in [-0.39, 0.29) is 17.5 Å². The van der Waals surface area contributed by atoms with Crippen LogP contribution in [0.2, 0.25) is 5.02 Å². The summed E-state index contributed by atoms with van der Waals surface area (Å²) < 4.78 is 49.1. The summed E-state index contributed by atoms with van der Waals surface area (Å²) in [5.74, 6) is -2.16. The Hall–Kier alpha value is -2.69. The average Bonchev–Trinajstić information content (AvgIpc) is 3.16. The predicted octanol–water partition coefficient (Wildman–Crippen LogP) is 4.02. The number of fused-ring (bicyclic) bond motifs is 1. The normalized spacial score (nSPS) is 17.6. The van der Waals surface area contributed by atoms with Gasteiger partial charge in [0.05, 0.1) is 12.4 Å². The lowest BCUT2D eigenvalue weighted by Crippen LogP contribution is -2.48. The Labute approximate surface area is 196 Å². The molecule has 0 saturated carbocycles. The predicted molar refractivity (Wildman–Crippen MR) is 123 cm³/mol. The molecule has 0 spiro atoms. The Bertz CT molecular complexity index is 1400. The molecule has 3 aromatic rings. The lowest BCUT2D eigenvalue weighted by molar-refractivity contribution is 0.237. The zero-order valence-corrected chi connectivity index (χ0v) is 20.4. The number of rotatable bonds is 4. The van der Waals surface area contributed by atoms with E-state index >= 15 is 4.39 Å². The molecule has 0 radical (unpaired) electrons. The van der Waals surface area contributed by atoms with Crippen molar-refractivity contribution >= 4 is 27.3 Å². The lowest BCUT2D eigenvalue weighted by atomic mass is 9.87. The fourth-order valence-corrected chi connectivity index (χ4v) is 6.46. The Balaban J connectivity index is 1.94. The van der Waals surface area contributed by atoms with Gasteiger partial charge in [-0.05, 0) is 61.2 Å². The van der Waals surface area contributed by atoms with Crippen molar-refractivity contribution in [3.05, 3.63) is 73.8 Å². The van der Waals surface area contributed by atoms with E-state index in [4.69, 9.17) is 16.0 Å². The average molecular weight is 495 g/mol. The van der Waals surface area contributed by atoms with Gasteiger partial charge in [0.2, 0.25) is 15.9 Å². The minimum Gasteiger partial charge on any atom is -0.391 e.